The molecule has 0 radical (unpaired) electrons. The highest BCUT2D eigenvalue weighted by Gasteiger charge is 2.15. The van der Waals surface area contributed by atoms with Crippen molar-refractivity contribution < 1.29 is 9.53 Å². The molecule has 0 saturated carbocycles. The molecule has 0 aliphatic carbocycles. The molecule has 0 atom stereocenters. The fourth-order valence-electron chi connectivity index (χ4n) is 2.29. The molecule has 2 aromatic carbocycles. The van der Waals surface area contributed by atoms with Crippen molar-refractivity contribution >= 4 is 46.4 Å². The number of nitrogens with one attached hydrogen (secondary N) is 1. The van der Waals surface area contributed by atoms with Crippen molar-refractivity contribution in [2.24, 2.45) is 0 Å². The van der Waals surface area contributed by atoms with Crippen LogP contribution in [0.4, 0.5) is 5.69 Å². The number of ether oxygens (including phenoxy) is 1. The van der Waals surface area contributed by atoms with Crippen LogP contribution in [0, 0.1) is 6.92 Å². The lowest BCUT2D eigenvalue weighted by Gasteiger charge is -2.13. The lowest BCUT2D eigenvalue weighted by molar-refractivity contribution is 0.102. The molecule has 25 heavy (non-hydrogen) atoms. The average molecular weight is 401 g/mol. The van der Waals surface area contributed by atoms with Gasteiger partial charge in [-0.2, -0.15) is 0 Å². The zero-order valence-corrected chi connectivity index (χ0v) is 16.4. The number of amides is 1. The van der Waals surface area contributed by atoms with Gasteiger partial charge in [-0.25, -0.2) is 0 Å². The number of carbonyl (C=O) groups is 1. The molecule has 0 unspecified atom stereocenters. The van der Waals surface area contributed by atoms with Crippen LogP contribution in [0.3, 0.4) is 0 Å². The minimum absolute atomic E-state index is 0.313. The second kappa shape index (κ2) is 9.33. The van der Waals surface area contributed by atoms with E-state index in [9.17, 15) is 4.79 Å². The number of carbonyl (C=O) groups excluding carboxylic acids is 1. The quantitative estimate of drug-likeness (QED) is 0.520. The van der Waals surface area contributed by atoms with E-state index in [0.29, 0.717) is 38.7 Å². The van der Waals surface area contributed by atoms with Gasteiger partial charge in [0, 0.05) is 16.3 Å². The minimum atomic E-state index is -0.313. The number of rotatable bonds is 7. The smallest absolute Gasteiger partial charge is 0.255 e. The number of anilines is 1. The Morgan fingerprint density at radius 1 is 1.08 bits per heavy atom. The van der Waals surface area contributed by atoms with Crippen molar-refractivity contribution in [1.82, 2.24) is 0 Å². The Kier molecular flexibility index (Phi) is 7.42. The number of unbranched alkanes of at least 4 members (excludes halogenated alkanes) is 2. The average Bonchev–Trinajstić information content (AvgIpc) is 2.57. The second-order valence-electron chi connectivity index (χ2n) is 5.69. The number of benzene rings is 2. The van der Waals surface area contributed by atoms with Crippen LogP contribution < -0.4 is 10.1 Å². The normalized spacial score (nSPS) is 10.6. The molecule has 2 aromatic rings. The van der Waals surface area contributed by atoms with Gasteiger partial charge < -0.3 is 10.1 Å². The van der Waals surface area contributed by atoms with Crippen LogP contribution in [-0.4, -0.2) is 12.5 Å². The van der Waals surface area contributed by atoms with Crippen LogP contribution in [0.25, 0.3) is 0 Å². The van der Waals surface area contributed by atoms with E-state index >= 15 is 0 Å². The maximum Gasteiger partial charge on any atom is 0.255 e. The summed E-state index contributed by atoms with van der Waals surface area (Å²) < 4.78 is 5.64. The maximum absolute atomic E-state index is 12.5. The Hall–Kier alpha value is -1.42. The van der Waals surface area contributed by atoms with E-state index in [4.69, 9.17) is 39.5 Å². The van der Waals surface area contributed by atoms with E-state index in [0.717, 1.165) is 24.8 Å². The predicted molar refractivity (Wildman–Crippen MR) is 106 cm³/mol. The molecule has 0 spiro atoms. The SMILES string of the molecule is CCCCCOc1c(Cl)cc(C(=O)Nc2cccc(Cl)c2C)cc1Cl. The highest BCUT2D eigenvalue weighted by molar-refractivity contribution is 6.38. The van der Waals surface area contributed by atoms with Crippen LogP contribution in [0.5, 0.6) is 5.75 Å². The number of hydrogen-bond acceptors (Lipinski definition) is 2. The van der Waals surface area contributed by atoms with E-state index < -0.39 is 0 Å². The van der Waals surface area contributed by atoms with Crippen molar-refractivity contribution in [2.75, 3.05) is 11.9 Å². The summed E-state index contributed by atoms with van der Waals surface area (Å²) in [6, 6.07) is 8.44. The Morgan fingerprint density at radius 3 is 2.40 bits per heavy atom. The van der Waals surface area contributed by atoms with Crippen molar-refractivity contribution in [3.05, 3.63) is 56.5 Å². The zero-order chi connectivity index (χ0) is 18.4. The van der Waals surface area contributed by atoms with Gasteiger partial charge in [-0.3, -0.25) is 4.79 Å². The molecule has 0 saturated heterocycles. The van der Waals surface area contributed by atoms with Gasteiger partial charge in [0.15, 0.2) is 5.75 Å². The van der Waals surface area contributed by atoms with Crippen molar-refractivity contribution in [1.29, 1.82) is 0 Å². The summed E-state index contributed by atoms with van der Waals surface area (Å²) in [5.41, 5.74) is 1.80. The van der Waals surface area contributed by atoms with E-state index in [1.54, 1.807) is 30.3 Å². The third kappa shape index (κ3) is 5.27. The van der Waals surface area contributed by atoms with E-state index in [2.05, 4.69) is 12.2 Å². The van der Waals surface area contributed by atoms with Gasteiger partial charge in [0.2, 0.25) is 0 Å². The molecule has 6 heteroatoms. The van der Waals surface area contributed by atoms with Crippen molar-refractivity contribution in [3.8, 4) is 5.75 Å². The molecule has 2 rings (SSSR count). The van der Waals surface area contributed by atoms with Crippen molar-refractivity contribution in [2.45, 2.75) is 33.1 Å². The molecule has 3 nitrogen and oxygen atoms in total. The first-order valence-electron chi connectivity index (χ1n) is 8.12. The van der Waals surface area contributed by atoms with E-state index in [1.807, 2.05) is 6.92 Å². The van der Waals surface area contributed by atoms with Crippen LogP contribution in [0.2, 0.25) is 15.1 Å². The molecular formula is C19H20Cl3NO2. The van der Waals surface area contributed by atoms with E-state index in [-0.39, 0.29) is 5.91 Å². The summed E-state index contributed by atoms with van der Waals surface area (Å²) in [7, 11) is 0. The molecule has 0 aromatic heterocycles. The highest BCUT2D eigenvalue weighted by atomic mass is 35.5. The minimum Gasteiger partial charge on any atom is -0.490 e. The van der Waals surface area contributed by atoms with Gasteiger partial charge in [0.1, 0.15) is 0 Å². The second-order valence-corrected chi connectivity index (χ2v) is 6.91. The van der Waals surface area contributed by atoms with Gasteiger partial charge in [0.25, 0.3) is 5.91 Å². The van der Waals surface area contributed by atoms with Gasteiger partial charge in [0.05, 0.1) is 16.7 Å². The fourth-order valence-corrected chi connectivity index (χ4v) is 3.06. The first kappa shape index (κ1) is 19.9. The Labute approximate surface area is 163 Å². The first-order valence-corrected chi connectivity index (χ1v) is 9.25. The molecule has 0 fully saturated rings. The fraction of sp³-hybridized carbons (Fsp3) is 0.316. The summed E-state index contributed by atoms with van der Waals surface area (Å²) >= 11 is 18.6. The van der Waals surface area contributed by atoms with Gasteiger partial charge in [-0.15, -0.1) is 0 Å². The van der Waals surface area contributed by atoms with Gasteiger partial charge in [-0.1, -0.05) is 60.6 Å². The Balaban J connectivity index is 2.14. The summed E-state index contributed by atoms with van der Waals surface area (Å²) in [4.78, 5) is 12.5. The summed E-state index contributed by atoms with van der Waals surface area (Å²) in [6.07, 6.45) is 3.11. The largest absolute Gasteiger partial charge is 0.490 e. The van der Waals surface area contributed by atoms with Crippen LogP contribution >= 0.6 is 34.8 Å². The first-order chi connectivity index (χ1) is 11.9. The zero-order valence-electron chi connectivity index (χ0n) is 14.2. The molecule has 0 aliphatic rings. The topological polar surface area (TPSA) is 38.3 Å². The van der Waals surface area contributed by atoms with Crippen LogP contribution in [0.15, 0.2) is 30.3 Å². The third-order valence-electron chi connectivity index (χ3n) is 3.77. The predicted octanol–water partition coefficient (Wildman–Crippen LogP) is 6.78. The summed E-state index contributed by atoms with van der Waals surface area (Å²) in [6.45, 7) is 4.50. The molecule has 0 aliphatic heterocycles. The number of halogens is 3. The monoisotopic (exact) mass is 399 g/mol. The third-order valence-corrected chi connectivity index (χ3v) is 4.74. The van der Waals surface area contributed by atoms with Gasteiger partial charge in [-0.05, 0) is 43.2 Å². The van der Waals surface area contributed by atoms with Crippen LogP contribution in [0.1, 0.15) is 42.1 Å². The lowest BCUT2D eigenvalue weighted by atomic mass is 10.1. The Morgan fingerprint density at radius 2 is 1.76 bits per heavy atom. The standard InChI is InChI=1S/C19H20Cl3NO2/c1-3-4-5-9-25-18-15(21)10-13(11-16(18)22)19(24)23-17-8-6-7-14(20)12(17)2/h6-8,10-11H,3-5,9H2,1-2H3,(H,23,24). The highest BCUT2D eigenvalue weighted by Crippen LogP contribution is 2.35. The summed E-state index contributed by atoms with van der Waals surface area (Å²) in [5.74, 6) is 0.0987. The summed E-state index contributed by atoms with van der Waals surface area (Å²) in [5, 5.41) is 4.04. The number of hydrogen-bond donors (Lipinski definition) is 1. The molecule has 1 N–H and O–H groups in total. The van der Waals surface area contributed by atoms with Gasteiger partial charge >= 0.3 is 0 Å². The molecule has 0 heterocycles. The molecule has 0 bridgehead atoms. The molecule has 134 valence electrons. The van der Waals surface area contributed by atoms with E-state index in [1.165, 1.54) is 0 Å². The van der Waals surface area contributed by atoms with Crippen LogP contribution in [-0.2, 0) is 0 Å². The lowest BCUT2D eigenvalue weighted by Crippen LogP contribution is -2.13. The molecular weight excluding hydrogens is 381 g/mol. The maximum atomic E-state index is 12.5. The van der Waals surface area contributed by atoms with Crippen molar-refractivity contribution in [3.63, 3.8) is 0 Å². The molecule has 1 amide bonds. The Bertz CT molecular complexity index is 739.